The van der Waals surface area contributed by atoms with Crippen molar-refractivity contribution in [2.24, 2.45) is 0 Å². The lowest BCUT2D eigenvalue weighted by molar-refractivity contribution is -0.384. The number of aryl methyl sites for hydroxylation is 1. The molecule has 4 aromatic rings. The number of pyridine rings is 1. The normalized spacial score (nSPS) is 16.8. The molecule has 1 aliphatic rings. The number of anilines is 1. The standard InChI is InChI=1S/C28H25N5O4S/c1-18-7-2-3-10-21(18)30-25(34)14-16-32-27(26(31-28(32)38)22-11-4-5-15-29-22)24-13-12-23(37-24)19-8-6-9-20(17-19)33(35)36/h2-13,15,17,26-27H,14,16H2,1H3,(H,30,34)(H,31,38)/t26-,27+/m1/s1. The van der Waals surface area contributed by atoms with E-state index in [-0.39, 0.29) is 30.1 Å². The van der Waals surface area contributed by atoms with Gasteiger partial charge in [-0.1, -0.05) is 36.4 Å². The predicted octanol–water partition coefficient (Wildman–Crippen LogP) is 5.56. The fraction of sp³-hybridized carbons (Fsp3) is 0.179. The number of thiocarbonyl (C=S) groups is 1. The molecule has 0 bridgehead atoms. The summed E-state index contributed by atoms with van der Waals surface area (Å²) in [4.78, 5) is 30.1. The van der Waals surface area contributed by atoms with Gasteiger partial charge in [-0.05, 0) is 55.0 Å². The highest BCUT2D eigenvalue weighted by Crippen LogP contribution is 2.40. The smallest absolute Gasteiger partial charge is 0.270 e. The molecule has 2 atom stereocenters. The van der Waals surface area contributed by atoms with Crippen LogP contribution in [0.2, 0.25) is 0 Å². The third-order valence-corrected chi connectivity index (χ3v) is 6.81. The van der Waals surface area contributed by atoms with Crippen LogP contribution in [0.15, 0.2) is 89.5 Å². The maximum atomic E-state index is 12.8. The zero-order chi connectivity index (χ0) is 26.6. The van der Waals surface area contributed by atoms with Crippen molar-refractivity contribution in [3.63, 3.8) is 0 Å². The minimum absolute atomic E-state index is 0.0168. The lowest BCUT2D eigenvalue weighted by Gasteiger charge is -2.26. The number of nitrogens with zero attached hydrogens (tertiary/aromatic N) is 3. The summed E-state index contributed by atoms with van der Waals surface area (Å²) in [7, 11) is 0. The van der Waals surface area contributed by atoms with Gasteiger partial charge < -0.3 is 20.0 Å². The first-order chi connectivity index (χ1) is 18.4. The molecule has 9 nitrogen and oxygen atoms in total. The lowest BCUT2D eigenvalue weighted by Crippen LogP contribution is -2.32. The number of amides is 1. The highest BCUT2D eigenvalue weighted by Gasteiger charge is 2.41. The fourth-order valence-electron chi connectivity index (χ4n) is 4.54. The second-order valence-corrected chi connectivity index (χ2v) is 9.33. The van der Waals surface area contributed by atoms with Gasteiger partial charge >= 0.3 is 0 Å². The summed E-state index contributed by atoms with van der Waals surface area (Å²) in [6.45, 7) is 2.29. The summed E-state index contributed by atoms with van der Waals surface area (Å²) >= 11 is 5.68. The number of non-ortho nitro benzene ring substituents is 1. The van der Waals surface area contributed by atoms with Crippen LogP contribution in [0.1, 0.15) is 35.5 Å². The van der Waals surface area contributed by atoms with E-state index in [1.807, 2.05) is 60.4 Å². The number of carbonyl (C=O) groups is 1. The van der Waals surface area contributed by atoms with Crippen molar-refractivity contribution in [1.29, 1.82) is 0 Å². The van der Waals surface area contributed by atoms with Gasteiger partial charge in [0.15, 0.2) is 5.11 Å². The first-order valence-electron chi connectivity index (χ1n) is 12.1. The molecule has 0 radical (unpaired) electrons. The van der Waals surface area contributed by atoms with Gasteiger partial charge in [0.05, 0.1) is 16.7 Å². The third kappa shape index (κ3) is 5.25. The van der Waals surface area contributed by atoms with E-state index < -0.39 is 4.92 Å². The number of rotatable bonds is 8. The summed E-state index contributed by atoms with van der Waals surface area (Å²) in [5.41, 5.74) is 3.11. The molecule has 38 heavy (non-hydrogen) atoms. The number of para-hydroxylation sites is 1. The van der Waals surface area contributed by atoms with Crippen LogP contribution in [0, 0.1) is 17.0 Å². The van der Waals surface area contributed by atoms with Gasteiger partial charge in [-0.25, -0.2) is 0 Å². The van der Waals surface area contributed by atoms with Gasteiger partial charge in [0.2, 0.25) is 5.91 Å². The maximum absolute atomic E-state index is 12.8. The molecule has 2 N–H and O–H groups in total. The Balaban J connectivity index is 1.41. The topological polar surface area (TPSA) is 114 Å². The third-order valence-electron chi connectivity index (χ3n) is 6.46. The fourth-order valence-corrected chi connectivity index (χ4v) is 4.87. The lowest BCUT2D eigenvalue weighted by atomic mass is 10.0. The Hall–Kier alpha value is -4.57. The Labute approximate surface area is 224 Å². The van der Waals surface area contributed by atoms with E-state index in [0.717, 1.165) is 16.9 Å². The van der Waals surface area contributed by atoms with Gasteiger partial charge in [0.1, 0.15) is 17.6 Å². The van der Waals surface area contributed by atoms with Crippen molar-refractivity contribution in [2.45, 2.75) is 25.4 Å². The van der Waals surface area contributed by atoms with Crippen LogP contribution >= 0.6 is 12.2 Å². The van der Waals surface area contributed by atoms with E-state index in [1.54, 1.807) is 24.4 Å². The quantitative estimate of drug-likeness (QED) is 0.174. The largest absolute Gasteiger partial charge is 0.459 e. The van der Waals surface area contributed by atoms with E-state index in [1.165, 1.54) is 12.1 Å². The van der Waals surface area contributed by atoms with Crippen molar-refractivity contribution in [1.82, 2.24) is 15.2 Å². The van der Waals surface area contributed by atoms with Gasteiger partial charge in [-0.15, -0.1) is 0 Å². The Kier molecular flexibility index (Phi) is 7.14. The summed E-state index contributed by atoms with van der Waals surface area (Å²) < 4.78 is 6.24. The van der Waals surface area contributed by atoms with Crippen molar-refractivity contribution < 1.29 is 14.1 Å². The van der Waals surface area contributed by atoms with Gasteiger partial charge in [-0.2, -0.15) is 0 Å². The van der Waals surface area contributed by atoms with Crippen molar-refractivity contribution in [2.75, 3.05) is 11.9 Å². The average Bonchev–Trinajstić information content (AvgIpc) is 3.54. The number of nitrogens with one attached hydrogen (secondary N) is 2. The number of hydrogen-bond donors (Lipinski definition) is 2. The highest BCUT2D eigenvalue weighted by molar-refractivity contribution is 7.80. The molecule has 192 valence electrons. The van der Waals surface area contributed by atoms with E-state index in [0.29, 0.717) is 28.7 Å². The predicted molar refractivity (Wildman–Crippen MR) is 147 cm³/mol. The number of nitro groups is 1. The molecule has 1 aliphatic heterocycles. The minimum atomic E-state index is -0.437. The number of nitro benzene ring substituents is 1. The zero-order valence-corrected chi connectivity index (χ0v) is 21.4. The second kappa shape index (κ2) is 10.8. The number of hydrogen-bond acceptors (Lipinski definition) is 6. The van der Waals surface area contributed by atoms with Crippen molar-refractivity contribution in [3.8, 4) is 11.3 Å². The van der Waals surface area contributed by atoms with Crippen LogP contribution < -0.4 is 10.6 Å². The molecule has 5 rings (SSSR count). The molecule has 0 aliphatic carbocycles. The molecule has 10 heteroatoms. The number of aromatic nitrogens is 1. The van der Waals surface area contributed by atoms with E-state index in [9.17, 15) is 14.9 Å². The molecule has 0 unspecified atom stereocenters. The Morgan fingerprint density at radius 2 is 1.95 bits per heavy atom. The summed E-state index contributed by atoms with van der Waals surface area (Å²) in [6, 6.07) is 22.5. The SMILES string of the molecule is Cc1ccccc1NC(=O)CCN1C(=S)N[C@H](c2ccccn2)[C@@H]1c1ccc(-c2cccc([N+](=O)[O-])c2)o1. The Morgan fingerprint density at radius 1 is 1.13 bits per heavy atom. The average molecular weight is 528 g/mol. The van der Waals surface area contributed by atoms with Crippen LogP contribution in [-0.2, 0) is 4.79 Å². The van der Waals surface area contributed by atoms with Crippen LogP contribution in [0.3, 0.4) is 0 Å². The molecule has 2 aromatic carbocycles. The summed E-state index contributed by atoms with van der Waals surface area (Å²) in [5, 5.41) is 18.0. The van der Waals surface area contributed by atoms with E-state index in [4.69, 9.17) is 16.6 Å². The first-order valence-corrected chi connectivity index (χ1v) is 12.5. The minimum Gasteiger partial charge on any atom is -0.459 e. The Bertz CT molecular complexity index is 1490. The van der Waals surface area contributed by atoms with Crippen molar-refractivity contribution in [3.05, 3.63) is 112 Å². The zero-order valence-electron chi connectivity index (χ0n) is 20.5. The first kappa shape index (κ1) is 25.1. The highest BCUT2D eigenvalue weighted by atomic mass is 32.1. The van der Waals surface area contributed by atoms with Crippen LogP contribution in [-0.4, -0.2) is 32.4 Å². The van der Waals surface area contributed by atoms with Gasteiger partial charge in [0, 0.05) is 42.5 Å². The number of benzene rings is 2. The number of furan rings is 1. The molecule has 1 fully saturated rings. The monoisotopic (exact) mass is 527 g/mol. The van der Waals surface area contributed by atoms with Crippen LogP contribution in [0.5, 0.6) is 0 Å². The van der Waals surface area contributed by atoms with E-state index >= 15 is 0 Å². The molecular formula is C28H25N5O4S. The second-order valence-electron chi connectivity index (χ2n) is 8.94. The molecule has 1 saturated heterocycles. The Morgan fingerprint density at radius 3 is 2.71 bits per heavy atom. The van der Waals surface area contributed by atoms with Crippen molar-refractivity contribution >= 4 is 34.6 Å². The summed E-state index contributed by atoms with van der Waals surface area (Å²) in [5.74, 6) is 0.978. The van der Waals surface area contributed by atoms with Crippen LogP contribution in [0.4, 0.5) is 11.4 Å². The maximum Gasteiger partial charge on any atom is 0.270 e. The molecular weight excluding hydrogens is 502 g/mol. The molecule has 0 spiro atoms. The summed E-state index contributed by atoms with van der Waals surface area (Å²) in [6.07, 6.45) is 1.92. The number of carbonyl (C=O) groups excluding carboxylic acids is 1. The molecule has 1 amide bonds. The molecule has 2 aromatic heterocycles. The van der Waals surface area contributed by atoms with Gasteiger partial charge in [0.25, 0.3) is 5.69 Å². The van der Waals surface area contributed by atoms with Crippen LogP contribution in [0.25, 0.3) is 11.3 Å². The molecule has 0 saturated carbocycles. The van der Waals surface area contributed by atoms with Gasteiger partial charge in [-0.3, -0.25) is 19.9 Å². The molecule has 3 heterocycles. The van der Waals surface area contributed by atoms with E-state index in [2.05, 4.69) is 15.6 Å².